The van der Waals surface area contributed by atoms with Crippen molar-refractivity contribution in [2.75, 3.05) is 31.2 Å². The largest absolute Gasteiger partial charge is 0.492 e. The summed E-state index contributed by atoms with van der Waals surface area (Å²) in [6.07, 6.45) is 4.14. The van der Waals surface area contributed by atoms with E-state index in [1.165, 1.54) is 0 Å². The topological polar surface area (TPSA) is 72.6 Å². The van der Waals surface area contributed by atoms with Crippen LogP contribution in [0.2, 0.25) is 0 Å². The van der Waals surface area contributed by atoms with Gasteiger partial charge in [-0.2, -0.15) is 0 Å². The van der Waals surface area contributed by atoms with Gasteiger partial charge in [-0.25, -0.2) is 12.7 Å². The van der Waals surface area contributed by atoms with E-state index >= 15 is 0 Å². The first-order valence-electron chi connectivity index (χ1n) is 7.04. The molecule has 1 fully saturated rings. The van der Waals surface area contributed by atoms with Crippen molar-refractivity contribution in [3.8, 4) is 5.75 Å². The van der Waals surface area contributed by atoms with Crippen molar-refractivity contribution in [3.05, 3.63) is 24.3 Å². The zero-order chi connectivity index (χ0) is 14.4. The van der Waals surface area contributed by atoms with Crippen LogP contribution in [0.3, 0.4) is 0 Å². The van der Waals surface area contributed by atoms with Crippen molar-refractivity contribution in [1.82, 2.24) is 4.31 Å². The fraction of sp³-hybridized carbons (Fsp3) is 0.571. The van der Waals surface area contributed by atoms with Gasteiger partial charge in [0.15, 0.2) is 0 Å². The molecular formula is C14H22N2O3S. The van der Waals surface area contributed by atoms with Gasteiger partial charge in [0.05, 0.1) is 5.75 Å². The molecule has 0 aliphatic carbocycles. The summed E-state index contributed by atoms with van der Waals surface area (Å²) in [6, 6.07) is 7.02. The van der Waals surface area contributed by atoms with E-state index in [0.29, 0.717) is 24.5 Å². The minimum absolute atomic E-state index is 0.0157. The lowest BCUT2D eigenvalue weighted by Crippen LogP contribution is -2.35. The van der Waals surface area contributed by atoms with Gasteiger partial charge in [-0.1, -0.05) is 18.9 Å². The minimum Gasteiger partial charge on any atom is -0.492 e. The Balaban J connectivity index is 1.85. The first kappa shape index (κ1) is 15.1. The third-order valence-electron chi connectivity index (χ3n) is 3.43. The molecule has 0 radical (unpaired) electrons. The van der Waals surface area contributed by atoms with Gasteiger partial charge in [-0.05, 0) is 25.0 Å². The van der Waals surface area contributed by atoms with Gasteiger partial charge in [0, 0.05) is 24.8 Å². The van der Waals surface area contributed by atoms with Crippen LogP contribution in [0, 0.1) is 0 Å². The molecule has 1 aromatic rings. The molecule has 20 heavy (non-hydrogen) atoms. The predicted octanol–water partition coefficient (Wildman–Crippen LogP) is 1.85. The molecule has 0 saturated carbocycles. The molecule has 0 aromatic heterocycles. The Labute approximate surface area is 120 Å². The van der Waals surface area contributed by atoms with E-state index < -0.39 is 10.0 Å². The van der Waals surface area contributed by atoms with E-state index in [0.717, 1.165) is 25.7 Å². The van der Waals surface area contributed by atoms with Crippen molar-refractivity contribution in [3.63, 3.8) is 0 Å². The average molecular weight is 298 g/mol. The highest BCUT2D eigenvalue weighted by atomic mass is 32.2. The number of nitrogen functional groups attached to an aromatic ring is 1. The van der Waals surface area contributed by atoms with Crippen LogP contribution < -0.4 is 10.5 Å². The summed E-state index contributed by atoms with van der Waals surface area (Å²) in [5, 5.41) is 0. The smallest absolute Gasteiger partial charge is 0.217 e. The highest BCUT2D eigenvalue weighted by Gasteiger charge is 2.22. The second kappa shape index (κ2) is 6.95. The van der Waals surface area contributed by atoms with E-state index in [2.05, 4.69) is 0 Å². The van der Waals surface area contributed by atoms with Gasteiger partial charge in [0.1, 0.15) is 12.4 Å². The molecule has 2 rings (SSSR count). The molecule has 1 aromatic carbocycles. The van der Waals surface area contributed by atoms with E-state index in [9.17, 15) is 8.42 Å². The number of nitrogens with zero attached hydrogens (tertiary/aromatic N) is 1. The number of sulfonamides is 1. The Morgan fingerprint density at radius 1 is 1.15 bits per heavy atom. The third kappa shape index (κ3) is 4.38. The first-order chi connectivity index (χ1) is 9.58. The molecule has 6 heteroatoms. The van der Waals surface area contributed by atoms with Gasteiger partial charge in [0.2, 0.25) is 10.0 Å². The molecule has 112 valence electrons. The second-order valence-corrected chi connectivity index (χ2v) is 7.14. The minimum atomic E-state index is -3.21. The summed E-state index contributed by atoms with van der Waals surface area (Å²) in [5.74, 6) is 0.623. The number of hydrogen-bond donors (Lipinski definition) is 1. The van der Waals surface area contributed by atoms with Crippen LogP contribution in [0.1, 0.15) is 25.7 Å². The molecular weight excluding hydrogens is 276 g/mol. The van der Waals surface area contributed by atoms with Crippen LogP contribution in [-0.4, -0.2) is 38.2 Å². The maximum Gasteiger partial charge on any atom is 0.217 e. The summed E-state index contributed by atoms with van der Waals surface area (Å²) in [5.41, 5.74) is 6.25. The Kier molecular flexibility index (Phi) is 5.25. The zero-order valence-corrected chi connectivity index (χ0v) is 12.4. The molecule has 5 nitrogen and oxygen atoms in total. The molecule has 0 atom stereocenters. The Morgan fingerprint density at radius 3 is 2.50 bits per heavy atom. The quantitative estimate of drug-likeness (QED) is 0.842. The van der Waals surface area contributed by atoms with Crippen LogP contribution in [0.25, 0.3) is 0 Å². The number of anilines is 1. The summed E-state index contributed by atoms with van der Waals surface area (Å²) in [7, 11) is -3.21. The highest BCUT2D eigenvalue weighted by molar-refractivity contribution is 7.89. The SMILES string of the molecule is Nc1cccc(OCCS(=O)(=O)N2CCCCCC2)c1. The van der Waals surface area contributed by atoms with E-state index in [1.807, 2.05) is 0 Å². The number of rotatable bonds is 5. The summed E-state index contributed by atoms with van der Waals surface area (Å²) in [4.78, 5) is 0. The maximum atomic E-state index is 12.2. The normalized spacial score (nSPS) is 17.6. The highest BCUT2D eigenvalue weighted by Crippen LogP contribution is 2.16. The van der Waals surface area contributed by atoms with Gasteiger partial charge in [0.25, 0.3) is 0 Å². The molecule has 1 aliphatic heterocycles. The lowest BCUT2D eigenvalue weighted by Gasteiger charge is -2.19. The van der Waals surface area contributed by atoms with Crippen LogP contribution in [-0.2, 0) is 10.0 Å². The summed E-state index contributed by atoms with van der Waals surface area (Å²) < 4.78 is 31.5. The fourth-order valence-corrected chi connectivity index (χ4v) is 3.68. The summed E-state index contributed by atoms with van der Waals surface area (Å²) >= 11 is 0. The molecule has 0 spiro atoms. The number of nitrogens with two attached hydrogens (primary N) is 1. The zero-order valence-electron chi connectivity index (χ0n) is 11.6. The van der Waals surface area contributed by atoms with Gasteiger partial charge in [-0.3, -0.25) is 0 Å². The van der Waals surface area contributed by atoms with Crippen molar-refractivity contribution in [1.29, 1.82) is 0 Å². The monoisotopic (exact) mass is 298 g/mol. The average Bonchev–Trinajstić information content (AvgIpc) is 2.68. The van der Waals surface area contributed by atoms with Crippen LogP contribution in [0.4, 0.5) is 5.69 Å². The predicted molar refractivity (Wildman–Crippen MR) is 80.2 cm³/mol. The van der Waals surface area contributed by atoms with Crippen molar-refractivity contribution in [2.45, 2.75) is 25.7 Å². The van der Waals surface area contributed by atoms with Crippen LogP contribution in [0.15, 0.2) is 24.3 Å². The summed E-state index contributed by atoms with van der Waals surface area (Å²) in [6.45, 7) is 1.43. The molecule has 0 unspecified atom stereocenters. The molecule has 1 saturated heterocycles. The number of hydrogen-bond acceptors (Lipinski definition) is 4. The second-order valence-electron chi connectivity index (χ2n) is 5.05. The Bertz CT molecular complexity index is 523. The number of benzene rings is 1. The first-order valence-corrected chi connectivity index (χ1v) is 8.65. The van der Waals surface area contributed by atoms with Crippen molar-refractivity contribution in [2.24, 2.45) is 0 Å². The van der Waals surface area contributed by atoms with Crippen molar-refractivity contribution < 1.29 is 13.2 Å². The fourth-order valence-electron chi connectivity index (χ4n) is 2.32. The van der Waals surface area contributed by atoms with Crippen LogP contribution >= 0.6 is 0 Å². The molecule has 1 aliphatic rings. The van der Waals surface area contributed by atoms with Gasteiger partial charge < -0.3 is 10.5 Å². The maximum absolute atomic E-state index is 12.2. The van der Waals surface area contributed by atoms with E-state index in [1.54, 1.807) is 28.6 Å². The molecule has 0 bridgehead atoms. The lowest BCUT2D eigenvalue weighted by atomic mass is 10.2. The lowest BCUT2D eigenvalue weighted by molar-refractivity contribution is 0.334. The van der Waals surface area contributed by atoms with Crippen molar-refractivity contribution >= 4 is 15.7 Å². The molecule has 0 amide bonds. The Hall–Kier alpha value is -1.27. The van der Waals surface area contributed by atoms with Gasteiger partial charge in [-0.15, -0.1) is 0 Å². The van der Waals surface area contributed by atoms with Gasteiger partial charge >= 0.3 is 0 Å². The third-order valence-corrected chi connectivity index (χ3v) is 5.26. The molecule has 1 heterocycles. The standard InChI is InChI=1S/C14H22N2O3S/c15-13-6-5-7-14(12-13)19-10-11-20(17,18)16-8-3-1-2-4-9-16/h5-7,12H,1-4,8-11,15H2. The number of ether oxygens (including phenoxy) is 1. The molecule has 2 N–H and O–H groups in total. The Morgan fingerprint density at radius 2 is 1.85 bits per heavy atom. The van der Waals surface area contributed by atoms with E-state index in [-0.39, 0.29) is 12.4 Å². The van der Waals surface area contributed by atoms with E-state index in [4.69, 9.17) is 10.5 Å². The van der Waals surface area contributed by atoms with Crippen LogP contribution in [0.5, 0.6) is 5.75 Å².